The fourth-order valence-electron chi connectivity index (χ4n) is 6.86. The minimum Gasteiger partial charge on any atom is -0.498 e. The molecule has 3 saturated heterocycles. The number of fused-ring (bicyclic) bond motifs is 3. The van der Waals surface area contributed by atoms with Crippen LogP contribution in [0.4, 0.5) is 0 Å². The maximum absolute atomic E-state index is 13.7. The number of hydrogen-bond acceptors (Lipinski definition) is 8. The number of aliphatic hydroxyl groups is 2. The van der Waals surface area contributed by atoms with Crippen LogP contribution >= 0.6 is 0 Å². The zero-order valence-electron chi connectivity index (χ0n) is 15.3. The molecule has 5 aliphatic heterocycles. The van der Waals surface area contributed by atoms with Gasteiger partial charge in [0.1, 0.15) is 36.6 Å². The second kappa shape index (κ2) is 4.60. The summed E-state index contributed by atoms with van der Waals surface area (Å²) in [6.45, 7) is 3.77. The second-order valence-corrected chi connectivity index (χ2v) is 9.09. The summed E-state index contributed by atoms with van der Waals surface area (Å²) in [7, 11) is 0. The van der Waals surface area contributed by atoms with E-state index in [1.807, 2.05) is 13.8 Å². The number of ether oxygens (including phenoxy) is 4. The van der Waals surface area contributed by atoms with E-state index < -0.39 is 54.1 Å². The van der Waals surface area contributed by atoms with Gasteiger partial charge < -0.3 is 29.2 Å². The zero-order chi connectivity index (χ0) is 19.3. The van der Waals surface area contributed by atoms with Gasteiger partial charge in [-0.25, -0.2) is 0 Å². The standard InChI is InChI=1S/C20H20O8/c1-4-7-8-9(13(23)16-15(27-16)12(8)22)19(26-4)20-6(3-25-5(2)10(7)20)11(21)14-17(28-14)18(20)24/h3-5,7,10-11,13-17,19,21,23H,1-2H3/t4-,5-,7-,10+,11+,13+,14?,15+,16-,17?,19+,20?/m1/s1. The van der Waals surface area contributed by atoms with Crippen LogP contribution in [0.15, 0.2) is 23.0 Å². The molecular formula is C20H20O8. The number of carbonyl (C=O) groups is 2. The molecule has 8 heteroatoms. The molecule has 4 fully saturated rings. The van der Waals surface area contributed by atoms with Gasteiger partial charge in [-0.15, -0.1) is 0 Å². The van der Waals surface area contributed by atoms with Crippen molar-refractivity contribution in [3.63, 3.8) is 0 Å². The van der Waals surface area contributed by atoms with E-state index in [4.69, 9.17) is 18.9 Å². The minimum atomic E-state index is -1.19. The molecule has 0 amide bonds. The Morgan fingerprint density at radius 3 is 2.46 bits per heavy atom. The lowest BCUT2D eigenvalue weighted by atomic mass is 9.45. The molecule has 8 aliphatic rings. The fourth-order valence-corrected chi connectivity index (χ4v) is 6.86. The Bertz CT molecular complexity index is 921. The van der Waals surface area contributed by atoms with Crippen LogP contribution < -0.4 is 0 Å². The van der Waals surface area contributed by atoms with E-state index in [0.717, 1.165) is 0 Å². The predicted molar refractivity (Wildman–Crippen MR) is 88.8 cm³/mol. The molecule has 28 heavy (non-hydrogen) atoms. The van der Waals surface area contributed by atoms with Gasteiger partial charge in [-0.1, -0.05) is 0 Å². The maximum Gasteiger partial charge on any atom is 0.190 e. The molecule has 0 aromatic rings. The van der Waals surface area contributed by atoms with Crippen molar-refractivity contribution in [1.29, 1.82) is 0 Å². The van der Waals surface area contributed by atoms with Crippen molar-refractivity contribution in [2.24, 2.45) is 17.3 Å². The number of hydrogen-bond donors (Lipinski definition) is 2. The summed E-state index contributed by atoms with van der Waals surface area (Å²) in [6.07, 6.45) is -4.40. The van der Waals surface area contributed by atoms with Crippen LogP contribution in [0, 0.1) is 17.3 Å². The Kier molecular flexibility index (Phi) is 2.67. The van der Waals surface area contributed by atoms with E-state index >= 15 is 0 Å². The third-order valence-corrected chi connectivity index (χ3v) is 8.00. The number of epoxide rings is 2. The first kappa shape index (κ1) is 16.2. The first-order valence-corrected chi connectivity index (χ1v) is 9.90. The number of carbonyl (C=O) groups excluding carboxylic acids is 2. The smallest absolute Gasteiger partial charge is 0.190 e. The third-order valence-electron chi connectivity index (χ3n) is 8.00. The van der Waals surface area contributed by atoms with Gasteiger partial charge in [0.25, 0.3) is 0 Å². The van der Waals surface area contributed by atoms with Gasteiger partial charge in [0.2, 0.25) is 0 Å². The molecule has 12 atom stereocenters. The Labute approximate surface area is 160 Å². The molecule has 1 spiro atoms. The minimum absolute atomic E-state index is 0.113. The van der Waals surface area contributed by atoms with E-state index in [2.05, 4.69) is 0 Å². The van der Waals surface area contributed by atoms with Crippen LogP contribution in [0.1, 0.15) is 13.8 Å². The van der Waals surface area contributed by atoms with Gasteiger partial charge >= 0.3 is 0 Å². The summed E-state index contributed by atoms with van der Waals surface area (Å²) in [5.41, 5.74) is 0.269. The van der Waals surface area contributed by atoms with Gasteiger partial charge in [0, 0.05) is 23.0 Å². The zero-order valence-corrected chi connectivity index (χ0v) is 15.3. The summed E-state index contributed by atoms with van der Waals surface area (Å²) in [6, 6.07) is 0. The van der Waals surface area contributed by atoms with Crippen molar-refractivity contribution in [2.75, 3.05) is 0 Å². The summed E-state index contributed by atoms with van der Waals surface area (Å²) >= 11 is 0. The molecule has 5 heterocycles. The molecule has 3 aliphatic carbocycles. The van der Waals surface area contributed by atoms with Crippen molar-refractivity contribution in [3.8, 4) is 0 Å². The third kappa shape index (κ3) is 1.47. The SMILES string of the molecule is C[C@H]1O[C@H]2C3=C(C(=O)[C@@H]4O[C@@H]4[C@H]3O)[C@@H]1[C@@H]1[C@@H](C)OC=C3[C@H](O)C4OC4C(=O)C312. The van der Waals surface area contributed by atoms with Gasteiger partial charge in [-0.3, -0.25) is 9.59 Å². The lowest BCUT2D eigenvalue weighted by Crippen LogP contribution is -2.72. The average Bonchev–Trinajstić information content (AvgIpc) is 3.57. The Balaban J connectivity index is 1.52. The summed E-state index contributed by atoms with van der Waals surface area (Å²) in [4.78, 5) is 26.7. The van der Waals surface area contributed by atoms with Crippen molar-refractivity contribution in [3.05, 3.63) is 23.0 Å². The van der Waals surface area contributed by atoms with E-state index in [-0.39, 0.29) is 29.7 Å². The van der Waals surface area contributed by atoms with Gasteiger partial charge in [0.15, 0.2) is 11.6 Å². The summed E-state index contributed by atoms with van der Waals surface area (Å²) in [5, 5.41) is 21.8. The lowest BCUT2D eigenvalue weighted by Gasteiger charge is -2.63. The van der Waals surface area contributed by atoms with Gasteiger partial charge in [0.05, 0.1) is 30.0 Å². The molecule has 8 nitrogen and oxygen atoms in total. The van der Waals surface area contributed by atoms with Crippen LogP contribution in [0.25, 0.3) is 0 Å². The molecule has 0 aromatic heterocycles. The Morgan fingerprint density at radius 1 is 0.964 bits per heavy atom. The molecule has 1 saturated carbocycles. The molecule has 0 aromatic carbocycles. The van der Waals surface area contributed by atoms with Crippen LogP contribution in [0.3, 0.4) is 0 Å². The number of ketones is 2. The van der Waals surface area contributed by atoms with Crippen molar-refractivity contribution in [1.82, 2.24) is 0 Å². The summed E-state index contributed by atoms with van der Waals surface area (Å²) < 4.78 is 23.1. The monoisotopic (exact) mass is 388 g/mol. The van der Waals surface area contributed by atoms with Crippen LogP contribution in [-0.4, -0.2) is 76.7 Å². The van der Waals surface area contributed by atoms with E-state index in [1.54, 1.807) is 0 Å². The fraction of sp³-hybridized carbons (Fsp3) is 0.700. The molecule has 2 bridgehead atoms. The quantitative estimate of drug-likeness (QED) is 0.509. The van der Waals surface area contributed by atoms with Crippen molar-refractivity contribution >= 4 is 11.6 Å². The highest BCUT2D eigenvalue weighted by molar-refractivity contribution is 6.06. The number of aliphatic hydroxyl groups excluding tert-OH is 2. The second-order valence-electron chi connectivity index (χ2n) is 9.09. The van der Waals surface area contributed by atoms with E-state index in [1.165, 1.54) is 6.26 Å². The van der Waals surface area contributed by atoms with Gasteiger partial charge in [-0.05, 0) is 19.4 Å². The average molecular weight is 388 g/mol. The molecular weight excluding hydrogens is 368 g/mol. The Morgan fingerprint density at radius 2 is 1.68 bits per heavy atom. The van der Waals surface area contributed by atoms with Crippen molar-refractivity contribution in [2.45, 2.75) is 68.8 Å². The predicted octanol–water partition coefficient (Wildman–Crippen LogP) is -0.973. The highest BCUT2D eigenvalue weighted by Crippen LogP contribution is 2.67. The topological polar surface area (TPSA) is 118 Å². The Hall–Kier alpha value is -1.58. The van der Waals surface area contributed by atoms with Crippen molar-refractivity contribution < 1.29 is 38.7 Å². The van der Waals surface area contributed by atoms with Crippen LogP contribution in [0.5, 0.6) is 0 Å². The molecule has 148 valence electrons. The molecule has 8 rings (SSSR count). The highest BCUT2D eigenvalue weighted by Gasteiger charge is 2.78. The highest BCUT2D eigenvalue weighted by atomic mass is 16.6. The molecule has 2 N–H and O–H groups in total. The molecule has 0 radical (unpaired) electrons. The largest absolute Gasteiger partial charge is 0.498 e. The van der Waals surface area contributed by atoms with E-state index in [0.29, 0.717) is 16.7 Å². The maximum atomic E-state index is 13.7. The lowest BCUT2D eigenvalue weighted by molar-refractivity contribution is -0.210. The summed E-state index contributed by atoms with van der Waals surface area (Å²) in [5.74, 6) is -1.05. The number of rotatable bonds is 0. The first-order valence-electron chi connectivity index (χ1n) is 9.90. The van der Waals surface area contributed by atoms with Crippen LogP contribution in [-0.2, 0) is 28.5 Å². The van der Waals surface area contributed by atoms with E-state index in [9.17, 15) is 19.8 Å². The van der Waals surface area contributed by atoms with Crippen LogP contribution in [0.2, 0.25) is 0 Å². The number of Topliss-reactive ketones (excluding diaryl/α,β-unsaturated/α-hetero) is 2. The van der Waals surface area contributed by atoms with Gasteiger partial charge in [-0.2, -0.15) is 0 Å². The first-order chi connectivity index (χ1) is 13.4. The normalized spacial score (nSPS) is 60.0. The molecule has 3 unspecified atom stereocenters.